The lowest BCUT2D eigenvalue weighted by Crippen LogP contribution is -2.54. The Bertz CT molecular complexity index is 991. The Morgan fingerprint density at radius 1 is 1.11 bits per heavy atom. The quantitative estimate of drug-likeness (QED) is 0.387. The zero-order chi connectivity index (χ0) is 27.7. The van der Waals surface area contributed by atoms with E-state index in [1.54, 1.807) is 41.5 Å². The Morgan fingerprint density at radius 2 is 1.64 bits per heavy atom. The van der Waals surface area contributed by atoms with Crippen molar-refractivity contribution in [2.75, 3.05) is 13.2 Å². The van der Waals surface area contributed by atoms with Crippen molar-refractivity contribution in [1.82, 2.24) is 4.90 Å². The summed E-state index contributed by atoms with van der Waals surface area (Å²) in [5, 5.41) is 0. The maximum absolute atomic E-state index is 14.9. The van der Waals surface area contributed by atoms with Crippen molar-refractivity contribution >= 4 is 34.1 Å². The molecule has 36 heavy (non-hydrogen) atoms. The second-order valence-electron chi connectivity index (χ2n) is 10.2. The Kier molecular flexibility index (Phi) is 8.72. The van der Waals surface area contributed by atoms with Crippen molar-refractivity contribution in [3.8, 4) is 0 Å². The molecule has 2 atom stereocenters. The van der Waals surface area contributed by atoms with Gasteiger partial charge in [0.15, 0.2) is 0 Å². The van der Waals surface area contributed by atoms with Crippen LogP contribution in [0.1, 0.15) is 54.0 Å². The van der Waals surface area contributed by atoms with Crippen molar-refractivity contribution in [3.05, 3.63) is 34.1 Å². The number of carbonyl (C=O) groups is 2. The molecule has 202 valence electrons. The number of imide groups is 1. The average Bonchev–Trinajstić information content (AvgIpc) is 2.65. The summed E-state index contributed by atoms with van der Waals surface area (Å²) in [4.78, 5) is 30.6. The van der Waals surface area contributed by atoms with E-state index in [1.165, 1.54) is 19.1 Å². The molecule has 0 saturated heterocycles. The van der Waals surface area contributed by atoms with Gasteiger partial charge in [0.05, 0.1) is 0 Å². The van der Waals surface area contributed by atoms with E-state index in [0.717, 1.165) is 6.07 Å². The summed E-state index contributed by atoms with van der Waals surface area (Å²) < 4.78 is 75.2. The minimum Gasteiger partial charge on any atom is -0.462 e. The maximum atomic E-state index is 14.9. The monoisotopic (exact) mass is 584 g/mol. The first-order valence-corrected chi connectivity index (χ1v) is 11.6. The fraction of sp³-hybridized carbons (Fsp3) is 0.609. The fourth-order valence-electron chi connectivity index (χ4n) is 3.10. The zero-order valence-corrected chi connectivity index (χ0v) is 22.5. The first kappa shape index (κ1) is 29.8. The molecular formula is C23H29BrF4N2O6. The maximum Gasteiger partial charge on any atom is 0.428 e. The summed E-state index contributed by atoms with van der Waals surface area (Å²) in [5.41, 5.74) is -4.08. The van der Waals surface area contributed by atoms with Gasteiger partial charge in [-0.3, -0.25) is 0 Å². The molecule has 2 rings (SSSR count). The van der Waals surface area contributed by atoms with Gasteiger partial charge in [0.1, 0.15) is 41.9 Å². The topological polar surface area (TPSA) is 86.7 Å². The number of alkyl halides is 3. The van der Waals surface area contributed by atoms with Crippen LogP contribution in [0.3, 0.4) is 0 Å². The van der Waals surface area contributed by atoms with E-state index < -0.39 is 66.3 Å². The van der Waals surface area contributed by atoms with Crippen molar-refractivity contribution in [3.63, 3.8) is 0 Å². The van der Waals surface area contributed by atoms with Crippen molar-refractivity contribution in [2.24, 2.45) is 4.99 Å². The lowest BCUT2D eigenvalue weighted by Gasteiger charge is -2.40. The van der Waals surface area contributed by atoms with Crippen LogP contribution >= 0.6 is 15.9 Å². The van der Waals surface area contributed by atoms with Gasteiger partial charge in [0.2, 0.25) is 0 Å². The van der Waals surface area contributed by atoms with Crippen LogP contribution in [0.5, 0.6) is 0 Å². The minimum atomic E-state index is -4.68. The lowest BCUT2D eigenvalue weighted by molar-refractivity contribution is -0.197. The predicted molar refractivity (Wildman–Crippen MR) is 125 cm³/mol. The fourth-order valence-corrected chi connectivity index (χ4v) is 3.46. The SMILES string of the molecule is CC(C)(C)OC(=O)N(C(=O)OC(C)(C)C)C1=N[C@](C)(c2cc(Br)ccc2F)C(OCC(F)(F)F)CO1. The van der Waals surface area contributed by atoms with Crippen molar-refractivity contribution in [2.45, 2.75) is 77.5 Å². The third-order valence-electron chi connectivity index (χ3n) is 4.58. The Morgan fingerprint density at radius 3 is 2.11 bits per heavy atom. The second kappa shape index (κ2) is 10.5. The highest BCUT2D eigenvalue weighted by Crippen LogP contribution is 2.38. The van der Waals surface area contributed by atoms with Crippen LogP contribution < -0.4 is 0 Å². The van der Waals surface area contributed by atoms with Gasteiger partial charge in [-0.2, -0.15) is 13.2 Å². The summed E-state index contributed by atoms with van der Waals surface area (Å²) in [6.07, 6.45) is -8.53. The first-order chi connectivity index (χ1) is 16.2. The molecular weight excluding hydrogens is 556 g/mol. The Hall–Kier alpha value is -2.41. The molecule has 2 amide bonds. The smallest absolute Gasteiger partial charge is 0.428 e. The van der Waals surface area contributed by atoms with E-state index in [9.17, 15) is 27.2 Å². The molecule has 0 aromatic heterocycles. The normalized spacial score (nSPS) is 20.8. The molecule has 8 nitrogen and oxygen atoms in total. The van der Waals surface area contributed by atoms with Crippen molar-refractivity contribution < 1.29 is 46.1 Å². The van der Waals surface area contributed by atoms with Gasteiger partial charge in [-0.15, -0.1) is 4.90 Å². The number of carbonyl (C=O) groups excluding carboxylic acids is 2. The van der Waals surface area contributed by atoms with Crippen LogP contribution in [-0.4, -0.2) is 59.8 Å². The summed E-state index contributed by atoms with van der Waals surface area (Å²) in [6, 6.07) is 3.16. The van der Waals surface area contributed by atoms with Gasteiger partial charge in [0, 0.05) is 10.0 Å². The summed E-state index contributed by atoms with van der Waals surface area (Å²) in [6.45, 7) is 8.41. The standard InChI is InChI=1S/C23H29BrF4N2O6/c1-20(2,3)35-18(31)30(19(32)36-21(4,5)6)17-29-22(7,14-10-13(24)8-9-15(14)25)16(11-33-17)34-12-23(26,27)28/h8-10,16H,11-12H2,1-7H3/t16?,22-/m1/s1. The molecule has 13 heteroatoms. The zero-order valence-electron chi connectivity index (χ0n) is 21.0. The van der Waals surface area contributed by atoms with E-state index in [1.807, 2.05) is 0 Å². The molecule has 1 aliphatic rings. The number of hydrogen-bond acceptors (Lipinski definition) is 7. The van der Waals surface area contributed by atoms with E-state index in [4.69, 9.17) is 18.9 Å². The van der Waals surface area contributed by atoms with E-state index in [-0.39, 0.29) is 5.56 Å². The van der Waals surface area contributed by atoms with E-state index in [0.29, 0.717) is 9.37 Å². The minimum absolute atomic E-state index is 0.154. The molecule has 1 aliphatic heterocycles. The average molecular weight is 585 g/mol. The van der Waals surface area contributed by atoms with E-state index >= 15 is 0 Å². The summed E-state index contributed by atoms with van der Waals surface area (Å²) >= 11 is 3.21. The number of nitrogens with zero attached hydrogens (tertiary/aromatic N) is 2. The molecule has 0 radical (unpaired) electrons. The molecule has 0 fully saturated rings. The third kappa shape index (κ3) is 8.05. The van der Waals surface area contributed by atoms with E-state index in [2.05, 4.69) is 20.9 Å². The predicted octanol–water partition coefficient (Wildman–Crippen LogP) is 6.31. The van der Waals surface area contributed by atoms with Gasteiger partial charge in [0.25, 0.3) is 0 Å². The Labute approximate surface area is 215 Å². The number of aliphatic imine (C=N–C) groups is 1. The van der Waals surface area contributed by atoms with Crippen LogP contribution in [0, 0.1) is 5.82 Å². The number of hydrogen-bond donors (Lipinski definition) is 0. The molecule has 1 aromatic rings. The molecule has 0 spiro atoms. The molecule has 1 aromatic carbocycles. The molecule has 0 saturated carbocycles. The molecule has 0 N–H and O–H groups in total. The summed E-state index contributed by atoms with van der Waals surface area (Å²) in [5.74, 6) is -0.799. The van der Waals surface area contributed by atoms with Gasteiger partial charge in [-0.25, -0.2) is 19.0 Å². The third-order valence-corrected chi connectivity index (χ3v) is 5.08. The number of benzene rings is 1. The number of ether oxygens (including phenoxy) is 4. The number of rotatable bonds is 3. The lowest BCUT2D eigenvalue weighted by atomic mass is 9.86. The summed E-state index contributed by atoms with van der Waals surface area (Å²) in [7, 11) is 0. The number of amides is 2. The van der Waals surface area contributed by atoms with Gasteiger partial charge in [-0.1, -0.05) is 15.9 Å². The number of amidine groups is 1. The molecule has 1 unspecified atom stereocenters. The van der Waals surface area contributed by atoms with Crippen LogP contribution in [0.2, 0.25) is 0 Å². The molecule has 0 bridgehead atoms. The molecule has 0 aliphatic carbocycles. The Balaban J connectivity index is 2.65. The van der Waals surface area contributed by atoms with Crippen LogP contribution in [0.4, 0.5) is 27.2 Å². The number of halogens is 5. The highest BCUT2D eigenvalue weighted by molar-refractivity contribution is 9.10. The molecule has 1 heterocycles. The van der Waals surface area contributed by atoms with Crippen LogP contribution in [0.25, 0.3) is 0 Å². The van der Waals surface area contributed by atoms with Crippen LogP contribution in [0.15, 0.2) is 27.7 Å². The van der Waals surface area contributed by atoms with Gasteiger partial charge in [-0.05, 0) is 66.7 Å². The second-order valence-corrected chi connectivity index (χ2v) is 11.1. The largest absolute Gasteiger partial charge is 0.462 e. The van der Waals surface area contributed by atoms with Gasteiger partial charge >= 0.3 is 24.4 Å². The van der Waals surface area contributed by atoms with Gasteiger partial charge < -0.3 is 18.9 Å². The van der Waals surface area contributed by atoms with Crippen LogP contribution in [-0.2, 0) is 24.5 Å². The first-order valence-electron chi connectivity index (χ1n) is 10.8. The van der Waals surface area contributed by atoms with Crippen molar-refractivity contribution in [1.29, 1.82) is 0 Å². The highest BCUT2D eigenvalue weighted by atomic mass is 79.9. The highest BCUT2D eigenvalue weighted by Gasteiger charge is 2.48.